The van der Waals surface area contributed by atoms with Crippen molar-refractivity contribution in [3.05, 3.63) is 65.0 Å². The molecule has 0 bridgehead atoms. The number of piperazine rings is 1. The van der Waals surface area contributed by atoms with Gasteiger partial charge in [0.2, 0.25) is 11.8 Å². The maximum absolute atomic E-state index is 12.6. The monoisotopic (exact) mass is 398 g/mol. The van der Waals surface area contributed by atoms with E-state index in [0.29, 0.717) is 60.7 Å². The van der Waals surface area contributed by atoms with E-state index in [9.17, 15) is 9.90 Å². The molecule has 1 N–H and O–H groups in total. The predicted molar refractivity (Wildman–Crippen MR) is 104 cm³/mol. The van der Waals surface area contributed by atoms with Gasteiger partial charge in [0.05, 0.1) is 17.1 Å². The topological polar surface area (TPSA) is 82.7 Å². The van der Waals surface area contributed by atoms with E-state index in [4.69, 9.17) is 16.0 Å². The normalized spacial score (nSPS) is 15.0. The van der Waals surface area contributed by atoms with Crippen LogP contribution in [0, 0.1) is 0 Å². The third-order valence-electron chi connectivity index (χ3n) is 4.68. The average molecular weight is 399 g/mol. The molecular weight excluding hydrogens is 380 g/mol. The maximum atomic E-state index is 12.6. The summed E-state index contributed by atoms with van der Waals surface area (Å²) in [5, 5.41) is 18.3. The molecule has 0 atom stereocenters. The van der Waals surface area contributed by atoms with E-state index in [1.165, 1.54) is 6.07 Å². The zero-order chi connectivity index (χ0) is 19.5. The van der Waals surface area contributed by atoms with Gasteiger partial charge in [-0.3, -0.25) is 9.69 Å². The summed E-state index contributed by atoms with van der Waals surface area (Å²) in [5.74, 6) is 0.936. The molecule has 4 rings (SSSR count). The average Bonchev–Trinajstić information content (AvgIpc) is 3.16. The molecule has 8 heteroatoms. The van der Waals surface area contributed by atoms with E-state index in [0.717, 1.165) is 0 Å². The molecule has 1 amide bonds. The molecule has 28 heavy (non-hydrogen) atoms. The van der Waals surface area contributed by atoms with Crippen LogP contribution in [0.1, 0.15) is 16.2 Å². The molecule has 1 aromatic heterocycles. The smallest absolute Gasteiger partial charge is 0.254 e. The molecule has 1 saturated heterocycles. The third-order valence-corrected chi connectivity index (χ3v) is 5.01. The number of carbonyl (C=O) groups is 1. The van der Waals surface area contributed by atoms with Crippen LogP contribution >= 0.6 is 11.6 Å². The number of amides is 1. The van der Waals surface area contributed by atoms with E-state index in [1.54, 1.807) is 29.2 Å². The predicted octanol–water partition coefficient (Wildman–Crippen LogP) is 3.05. The number of aromatic nitrogens is 2. The molecule has 1 aliphatic rings. The number of hydrogen-bond acceptors (Lipinski definition) is 6. The summed E-state index contributed by atoms with van der Waals surface area (Å²) >= 11 is 6.17. The van der Waals surface area contributed by atoms with E-state index in [-0.39, 0.29) is 11.7 Å². The lowest BCUT2D eigenvalue weighted by Gasteiger charge is -2.34. The van der Waals surface area contributed by atoms with Gasteiger partial charge in [0.25, 0.3) is 5.91 Å². The number of halogens is 1. The minimum absolute atomic E-state index is 0.0747. The zero-order valence-electron chi connectivity index (χ0n) is 15.1. The van der Waals surface area contributed by atoms with Gasteiger partial charge in [0.1, 0.15) is 5.75 Å². The second-order valence-electron chi connectivity index (χ2n) is 6.60. The minimum Gasteiger partial charge on any atom is -0.508 e. The van der Waals surface area contributed by atoms with Crippen LogP contribution in [0.2, 0.25) is 5.02 Å². The van der Waals surface area contributed by atoms with Gasteiger partial charge in [-0.25, -0.2) is 0 Å². The van der Waals surface area contributed by atoms with E-state index in [2.05, 4.69) is 15.1 Å². The van der Waals surface area contributed by atoms with Crippen LogP contribution in [0.15, 0.2) is 52.9 Å². The Balaban J connectivity index is 1.35. The molecule has 0 unspecified atom stereocenters. The lowest BCUT2D eigenvalue weighted by atomic mass is 10.1. The molecule has 144 valence electrons. The number of phenolic OH excluding ortho intramolecular Hbond substituents is 1. The van der Waals surface area contributed by atoms with Crippen molar-refractivity contribution >= 4 is 17.5 Å². The molecule has 0 saturated carbocycles. The Kier molecular flexibility index (Phi) is 5.27. The van der Waals surface area contributed by atoms with Crippen molar-refractivity contribution in [1.29, 1.82) is 0 Å². The summed E-state index contributed by atoms with van der Waals surface area (Å²) in [4.78, 5) is 16.5. The molecule has 2 heterocycles. The van der Waals surface area contributed by atoms with Gasteiger partial charge in [0.15, 0.2) is 0 Å². The second-order valence-corrected chi connectivity index (χ2v) is 7.01. The summed E-state index contributed by atoms with van der Waals surface area (Å²) < 4.78 is 5.75. The van der Waals surface area contributed by atoms with Crippen molar-refractivity contribution < 1.29 is 14.3 Å². The molecule has 7 nitrogen and oxygen atoms in total. The van der Waals surface area contributed by atoms with Gasteiger partial charge in [0, 0.05) is 31.7 Å². The first kappa shape index (κ1) is 18.5. The second kappa shape index (κ2) is 8.00. The quantitative estimate of drug-likeness (QED) is 0.727. The fraction of sp³-hybridized carbons (Fsp3) is 0.250. The number of nitrogens with zero attached hydrogens (tertiary/aromatic N) is 4. The lowest BCUT2D eigenvalue weighted by Crippen LogP contribution is -2.48. The highest BCUT2D eigenvalue weighted by Crippen LogP contribution is 2.26. The largest absolute Gasteiger partial charge is 0.508 e. The van der Waals surface area contributed by atoms with Gasteiger partial charge in [-0.2, -0.15) is 0 Å². The standard InChI is InChI=1S/C20H19ClN4O3/c21-17-7-2-1-6-16(17)19-23-22-18(28-19)13-24-8-10-25(11-9-24)20(27)14-4-3-5-15(26)12-14/h1-7,12,26H,8-11,13H2. The first-order valence-electron chi connectivity index (χ1n) is 8.98. The van der Waals surface area contributed by atoms with Crippen molar-refractivity contribution in [3.63, 3.8) is 0 Å². The molecule has 0 aliphatic carbocycles. The SMILES string of the molecule is O=C(c1cccc(O)c1)N1CCN(Cc2nnc(-c3ccccc3Cl)o2)CC1. The number of phenols is 1. The maximum Gasteiger partial charge on any atom is 0.254 e. The Morgan fingerprint density at radius 2 is 1.86 bits per heavy atom. The van der Waals surface area contributed by atoms with Crippen LogP contribution in [0.3, 0.4) is 0 Å². The summed E-state index contributed by atoms with van der Waals surface area (Å²) in [6.07, 6.45) is 0. The van der Waals surface area contributed by atoms with E-state index >= 15 is 0 Å². The van der Waals surface area contributed by atoms with Crippen molar-refractivity contribution in [2.75, 3.05) is 26.2 Å². The Bertz CT molecular complexity index is 983. The number of aromatic hydroxyl groups is 1. The Labute approximate surface area is 167 Å². The van der Waals surface area contributed by atoms with Gasteiger partial charge >= 0.3 is 0 Å². The zero-order valence-corrected chi connectivity index (χ0v) is 15.8. The molecule has 3 aromatic rings. The van der Waals surface area contributed by atoms with E-state index in [1.807, 2.05) is 18.2 Å². The van der Waals surface area contributed by atoms with Crippen LogP contribution in [-0.4, -0.2) is 57.2 Å². The Hall–Kier alpha value is -2.90. The molecule has 0 spiro atoms. The third kappa shape index (κ3) is 4.00. The highest BCUT2D eigenvalue weighted by Gasteiger charge is 2.23. The van der Waals surface area contributed by atoms with Gasteiger partial charge < -0.3 is 14.4 Å². The van der Waals surface area contributed by atoms with Crippen LogP contribution in [0.4, 0.5) is 0 Å². The summed E-state index contributed by atoms with van der Waals surface area (Å²) in [5.41, 5.74) is 1.21. The van der Waals surface area contributed by atoms with Crippen molar-refractivity contribution in [1.82, 2.24) is 20.0 Å². The Morgan fingerprint density at radius 1 is 1.07 bits per heavy atom. The van der Waals surface area contributed by atoms with Gasteiger partial charge in [-0.05, 0) is 30.3 Å². The van der Waals surface area contributed by atoms with Crippen LogP contribution in [-0.2, 0) is 6.54 Å². The molecular formula is C20H19ClN4O3. The van der Waals surface area contributed by atoms with Crippen molar-refractivity contribution in [2.24, 2.45) is 0 Å². The number of carbonyl (C=O) groups excluding carboxylic acids is 1. The fourth-order valence-corrected chi connectivity index (χ4v) is 3.40. The summed E-state index contributed by atoms with van der Waals surface area (Å²) in [6, 6.07) is 13.8. The Morgan fingerprint density at radius 3 is 2.61 bits per heavy atom. The van der Waals surface area contributed by atoms with Crippen molar-refractivity contribution in [2.45, 2.75) is 6.54 Å². The van der Waals surface area contributed by atoms with Gasteiger partial charge in [-0.15, -0.1) is 10.2 Å². The molecule has 1 fully saturated rings. The highest BCUT2D eigenvalue weighted by molar-refractivity contribution is 6.33. The fourth-order valence-electron chi connectivity index (χ4n) is 3.18. The lowest BCUT2D eigenvalue weighted by molar-refractivity contribution is 0.0618. The number of benzene rings is 2. The van der Waals surface area contributed by atoms with Crippen molar-refractivity contribution in [3.8, 4) is 17.2 Å². The molecule has 0 radical (unpaired) electrons. The van der Waals surface area contributed by atoms with Crippen LogP contribution < -0.4 is 0 Å². The van der Waals surface area contributed by atoms with E-state index < -0.39 is 0 Å². The van der Waals surface area contributed by atoms with Crippen LogP contribution in [0.5, 0.6) is 5.75 Å². The highest BCUT2D eigenvalue weighted by atomic mass is 35.5. The first-order chi connectivity index (χ1) is 13.6. The number of hydrogen-bond donors (Lipinski definition) is 1. The minimum atomic E-state index is -0.0747. The van der Waals surface area contributed by atoms with Crippen LogP contribution in [0.25, 0.3) is 11.5 Å². The first-order valence-corrected chi connectivity index (χ1v) is 9.36. The number of rotatable bonds is 4. The van der Waals surface area contributed by atoms with Gasteiger partial charge in [-0.1, -0.05) is 29.8 Å². The summed E-state index contributed by atoms with van der Waals surface area (Å²) in [7, 11) is 0. The molecule has 2 aromatic carbocycles. The molecule has 1 aliphatic heterocycles. The summed E-state index contributed by atoms with van der Waals surface area (Å²) in [6.45, 7) is 3.12.